The highest BCUT2D eigenvalue weighted by Crippen LogP contribution is 2.03. The summed E-state index contributed by atoms with van der Waals surface area (Å²) >= 11 is 0. The van der Waals surface area contributed by atoms with Gasteiger partial charge in [0.25, 0.3) is 5.95 Å². The quantitative estimate of drug-likeness (QED) is 0.682. The molecule has 2 N–H and O–H groups in total. The van der Waals surface area contributed by atoms with Gasteiger partial charge in [0.15, 0.2) is 0 Å². The Morgan fingerprint density at radius 2 is 2.36 bits per heavy atom. The summed E-state index contributed by atoms with van der Waals surface area (Å²) in [6.45, 7) is 0. The first-order valence-corrected chi connectivity index (χ1v) is 3.83. The number of hydrogen-bond donors (Lipinski definition) is 1. The molecule has 14 heavy (non-hydrogen) atoms. The average Bonchev–Trinajstić information content (AvgIpc) is 2.65. The van der Waals surface area contributed by atoms with Gasteiger partial charge in [-0.15, -0.1) is 0 Å². The van der Waals surface area contributed by atoms with Crippen LogP contribution in [0.1, 0.15) is 5.69 Å². The Morgan fingerprint density at radius 1 is 1.50 bits per heavy atom. The van der Waals surface area contributed by atoms with Gasteiger partial charge in [-0.05, 0) is 6.07 Å². The molecule has 6 heteroatoms. The van der Waals surface area contributed by atoms with E-state index >= 15 is 0 Å². The summed E-state index contributed by atoms with van der Waals surface area (Å²) in [5.41, 5.74) is 6.30. The van der Waals surface area contributed by atoms with E-state index in [2.05, 4.69) is 15.1 Å². The second-order valence-electron chi connectivity index (χ2n) is 2.57. The van der Waals surface area contributed by atoms with Crippen molar-refractivity contribution in [3.05, 3.63) is 30.4 Å². The molecule has 0 amide bonds. The molecule has 2 aromatic rings. The Labute approximate surface area is 79.6 Å². The molecule has 68 valence electrons. The lowest BCUT2D eigenvalue weighted by atomic mass is 10.4. The molecule has 0 bridgehead atoms. The minimum atomic E-state index is 0.295. The molecule has 2 rings (SSSR count). The standard InChI is InChI=1S/C8H6N6/c9-3-7-1-2-11-8(13-7)14-5-6(10)4-12-14/h1-2,4-5H,10H2. The number of nitrogen functional groups attached to an aromatic ring is 1. The van der Waals surface area contributed by atoms with Crippen molar-refractivity contribution in [3.63, 3.8) is 0 Å². The normalized spacial score (nSPS) is 9.64. The van der Waals surface area contributed by atoms with E-state index in [0.717, 1.165) is 0 Å². The lowest BCUT2D eigenvalue weighted by molar-refractivity contribution is 0.805. The molecule has 6 nitrogen and oxygen atoms in total. The van der Waals surface area contributed by atoms with Crippen molar-refractivity contribution in [1.29, 1.82) is 5.26 Å². The number of rotatable bonds is 1. The zero-order valence-corrected chi connectivity index (χ0v) is 7.12. The molecule has 0 saturated heterocycles. The van der Waals surface area contributed by atoms with E-state index in [1.165, 1.54) is 23.1 Å². The molecule has 2 aromatic heterocycles. The monoisotopic (exact) mass is 186 g/mol. The highest BCUT2D eigenvalue weighted by molar-refractivity contribution is 5.33. The van der Waals surface area contributed by atoms with Gasteiger partial charge in [-0.1, -0.05) is 0 Å². The van der Waals surface area contributed by atoms with Crippen LogP contribution in [0, 0.1) is 11.3 Å². The van der Waals surface area contributed by atoms with E-state index < -0.39 is 0 Å². The fourth-order valence-electron chi connectivity index (χ4n) is 0.967. The van der Waals surface area contributed by atoms with Gasteiger partial charge in [-0.2, -0.15) is 10.4 Å². The van der Waals surface area contributed by atoms with Crippen molar-refractivity contribution in [2.75, 3.05) is 5.73 Å². The van der Waals surface area contributed by atoms with Crippen LogP contribution >= 0.6 is 0 Å². The molecule has 0 fully saturated rings. The molecule has 0 aliphatic rings. The Morgan fingerprint density at radius 3 is 3.00 bits per heavy atom. The highest BCUT2D eigenvalue weighted by Gasteiger charge is 2.02. The topological polar surface area (TPSA) is 93.4 Å². The number of anilines is 1. The maximum Gasteiger partial charge on any atom is 0.251 e. The zero-order valence-electron chi connectivity index (χ0n) is 7.12. The predicted molar refractivity (Wildman–Crippen MR) is 48.3 cm³/mol. The summed E-state index contributed by atoms with van der Waals surface area (Å²) in [5.74, 6) is 0.334. The molecule has 2 heterocycles. The summed E-state index contributed by atoms with van der Waals surface area (Å²) < 4.78 is 1.41. The Bertz CT molecular complexity index is 495. The largest absolute Gasteiger partial charge is 0.396 e. The van der Waals surface area contributed by atoms with Crippen LogP contribution in [-0.4, -0.2) is 19.7 Å². The third-order valence-electron chi connectivity index (χ3n) is 1.56. The molecule has 0 radical (unpaired) electrons. The highest BCUT2D eigenvalue weighted by atomic mass is 15.3. The van der Waals surface area contributed by atoms with Crippen LogP contribution in [0.25, 0.3) is 5.95 Å². The third kappa shape index (κ3) is 1.38. The zero-order chi connectivity index (χ0) is 9.97. The smallest absolute Gasteiger partial charge is 0.251 e. The summed E-state index contributed by atoms with van der Waals surface area (Å²) in [6, 6.07) is 3.44. The van der Waals surface area contributed by atoms with E-state index in [9.17, 15) is 0 Å². The summed E-state index contributed by atoms with van der Waals surface area (Å²) in [4.78, 5) is 7.90. The lowest BCUT2D eigenvalue weighted by Crippen LogP contribution is -2.02. The van der Waals surface area contributed by atoms with E-state index in [0.29, 0.717) is 17.3 Å². The van der Waals surface area contributed by atoms with Crippen LogP contribution in [0.15, 0.2) is 24.7 Å². The minimum Gasteiger partial charge on any atom is -0.396 e. The summed E-state index contributed by atoms with van der Waals surface area (Å²) in [5, 5.41) is 12.5. The van der Waals surface area contributed by atoms with Crippen molar-refractivity contribution in [3.8, 4) is 12.0 Å². The fraction of sp³-hybridized carbons (Fsp3) is 0. The van der Waals surface area contributed by atoms with Gasteiger partial charge in [-0.3, -0.25) is 0 Å². The summed E-state index contributed by atoms with van der Waals surface area (Å²) in [6.07, 6.45) is 4.57. The Balaban J connectivity index is 2.47. The van der Waals surface area contributed by atoms with Gasteiger partial charge >= 0.3 is 0 Å². The molecule has 0 aliphatic heterocycles. The molecule has 0 saturated carbocycles. The molecule has 0 unspecified atom stereocenters. The third-order valence-corrected chi connectivity index (χ3v) is 1.56. The molecule has 0 aliphatic carbocycles. The van der Waals surface area contributed by atoms with Crippen molar-refractivity contribution in [2.24, 2.45) is 0 Å². The molecule has 0 atom stereocenters. The number of nitrogens with zero attached hydrogens (tertiary/aromatic N) is 5. The number of nitriles is 1. The van der Waals surface area contributed by atoms with Gasteiger partial charge < -0.3 is 5.73 Å². The van der Waals surface area contributed by atoms with Crippen LogP contribution in [0.3, 0.4) is 0 Å². The van der Waals surface area contributed by atoms with Crippen molar-refractivity contribution >= 4 is 5.69 Å². The maximum absolute atomic E-state index is 8.62. The predicted octanol–water partition coefficient (Wildman–Crippen LogP) is 0.116. The van der Waals surface area contributed by atoms with Gasteiger partial charge in [0.1, 0.15) is 11.8 Å². The van der Waals surface area contributed by atoms with Crippen LogP contribution in [0.5, 0.6) is 0 Å². The van der Waals surface area contributed by atoms with E-state index in [4.69, 9.17) is 11.0 Å². The number of hydrogen-bond acceptors (Lipinski definition) is 5. The fourth-order valence-corrected chi connectivity index (χ4v) is 0.967. The first kappa shape index (κ1) is 8.19. The van der Waals surface area contributed by atoms with Gasteiger partial charge in [0.05, 0.1) is 18.1 Å². The molecular formula is C8H6N6. The molecule has 0 aromatic carbocycles. The van der Waals surface area contributed by atoms with Gasteiger partial charge in [0.2, 0.25) is 0 Å². The van der Waals surface area contributed by atoms with E-state index in [1.54, 1.807) is 6.20 Å². The second kappa shape index (κ2) is 3.14. The second-order valence-corrected chi connectivity index (χ2v) is 2.57. The molecule has 0 spiro atoms. The van der Waals surface area contributed by atoms with E-state index in [1.807, 2.05) is 6.07 Å². The van der Waals surface area contributed by atoms with Crippen molar-refractivity contribution in [2.45, 2.75) is 0 Å². The molecular weight excluding hydrogens is 180 g/mol. The first-order valence-electron chi connectivity index (χ1n) is 3.83. The van der Waals surface area contributed by atoms with Gasteiger partial charge in [0, 0.05) is 6.20 Å². The van der Waals surface area contributed by atoms with Crippen molar-refractivity contribution < 1.29 is 0 Å². The maximum atomic E-state index is 8.62. The Kier molecular flexibility index (Phi) is 1.84. The van der Waals surface area contributed by atoms with Gasteiger partial charge in [-0.25, -0.2) is 14.6 Å². The number of nitrogens with two attached hydrogens (primary N) is 1. The SMILES string of the molecule is N#Cc1ccnc(-n2cc(N)cn2)n1. The van der Waals surface area contributed by atoms with Crippen LogP contribution < -0.4 is 5.73 Å². The van der Waals surface area contributed by atoms with Crippen LogP contribution in [0.2, 0.25) is 0 Å². The summed E-state index contributed by atoms with van der Waals surface area (Å²) in [7, 11) is 0. The van der Waals surface area contributed by atoms with Crippen LogP contribution in [0.4, 0.5) is 5.69 Å². The average molecular weight is 186 g/mol. The number of aromatic nitrogens is 4. The van der Waals surface area contributed by atoms with E-state index in [-0.39, 0.29) is 0 Å². The lowest BCUT2D eigenvalue weighted by Gasteiger charge is -1.97. The first-order chi connectivity index (χ1) is 6.79. The van der Waals surface area contributed by atoms with Crippen LogP contribution in [-0.2, 0) is 0 Å². The minimum absolute atomic E-state index is 0.295. The Hall–Kier alpha value is -2.42. The van der Waals surface area contributed by atoms with Crippen molar-refractivity contribution in [1.82, 2.24) is 19.7 Å².